The van der Waals surface area contributed by atoms with Gasteiger partial charge in [0.2, 0.25) is 5.91 Å². The third-order valence-corrected chi connectivity index (χ3v) is 5.91. The molecular weight excluding hydrogens is 409 g/mol. The normalized spacial score (nSPS) is 15.5. The fraction of sp³-hybridized carbons (Fsp3) is 0.391. The van der Waals surface area contributed by atoms with Crippen molar-refractivity contribution in [3.05, 3.63) is 65.7 Å². The Bertz CT molecular complexity index is 1030. The topological polar surface area (TPSA) is 79.2 Å². The average Bonchev–Trinajstić information content (AvgIpc) is 3.34. The van der Waals surface area contributed by atoms with Gasteiger partial charge in [-0.25, -0.2) is 9.07 Å². The molecule has 1 unspecified atom stereocenters. The smallest absolute Gasteiger partial charge is 0.224 e. The molecule has 168 valence electrons. The molecule has 0 aliphatic carbocycles. The Balaban J connectivity index is 1.41. The summed E-state index contributed by atoms with van der Waals surface area (Å²) in [6.07, 6.45) is 1.75. The zero-order chi connectivity index (χ0) is 22.5. The lowest BCUT2D eigenvalue weighted by Gasteiger charge is -2.37. The molecule has 1 atom stereocenters. The van der Waals surface area contributed by atoms with E-state index >= 15 is 0 Å². The number of amides is 1. The van der Waals surface area contributed by atoms with Crippen molar-refractivity contribution in [1.82, 2.24) is 30.4 Å². The maximum atomic E-state index is 14.1. The summed E-state index contributed by atoms with van der Waals surface area (Å²) in [6, 6.07) is 12.0. The highest BCUT2D eigenvalue weighted by Crippen LogP contribution is 2.28. The van der Waals surface area contributed by atoms with Gasteiger partial charge >= 0.3 is 0 Å². The van der Waals surface area contributed by atoms with Crippen molar-refractivity contribution in [2.75, 3.05) is 37.6 Å². The Morgan fingerprint density at radius 2 is 1.88 bits per heavy atom. The number of anilines is 1. The number of carbonyl (C=O) groups excluding carboxylic acids is 1. The molecule has 1 saturated heterocycles. The molecule has 0 bridgehead atoms. The van der Waals surface area contributed by atoms with E-state index in [4.69, 9.17) is 0 Å². The summed E-state index contributed by atoms with van der Waals surface area (Å²) >= 11 is 0. The first-order valence-electron chi connectivity index (χ1n) is 10.9. The van der Waals surface area contributed by atoms with Crippen LogP contribution in [-0.4, -0.2) is 63.7 Å². The number of carbonyl (C=O) groups is 1. The van der Waals surface area contributed by atoms with Crippen molar-refractivity contribution in [3.8, 4) is 5.69 Å². The number of piperazine rings is 1. The summed E-state index contributed by atoms with van der Waals surface area (Å²) in [5.74, 6) is -0.408. The van der Waals surface area contributed by atoms with E-state index in [1.165, 1.54) is 18.5 Å². The monoisotopic (exact) mass is 437 g/mol. The number of halogens is 1. The Hall–Kier alpha value is -3.33. The van der Waals surface area contributed by atoms with Crippen LogP contribution >= 0.6 is 0 Å². The molecule has 2 heterocycles. The molecule has 32 heavy (non-hydrogen) atoms. The molecule has 0 saturated carbocycles. The Kier molecular flexibility index (Phi) is 6.75. The van der Waals surface area contributed by atoms with Gasteiger partial charge in [0.1, 0.15) is 12.1 Å². The Morgan fingerprint density at radius 1 is 1.12 bits per heavy atom. The van der Waals surface area contributed by atoms with Gasteiger partial charge in [0.15, 0.2) is 0 Å². The lowest BCUT2D eigenvalue weighted by Crippen LogP contribution is -2.46. The largest absolute Gasteiger partial charge is 0.369 e. The van der Waals surface area contributed by atoms with E-state index in [0.717, 1.165) is 55.2 Å². The lowest BCUT2D eigenvalue weighted by atomic mass is 10.0. The summed E-state index contributed by atoms with van der Waals surface area (Å²) in [6.45, 7) is 8.84. The molecule has 9 heteroatoms. The predicted octanol–water partition coefficient (Wildman–Crippen LogP) is 2.36. The van der Waals surface area contributed by atoms with Gasteiger partial charge in [0.25, 0.3) is 0 Å². The second-order valence-corrected chi connectivity index (χ2v) is 8.01. The first-order chi connectivity index (χ1) is 15.5. The number of rotatable bonds is 7. The third-order valence-electron chi connectivity index (χ3n) is 5.91. The molecule has 1 aliphatic heterocycles. The SMILES string of the molecule is CCN1CCN(c2ccc(F)cc2C(C)NC(=O)Cc2ccc(-n3cnnn3)cc2)CC1. The van der Waals surface area contributed by atoms with Crippen LogP contribution in [0.25, 0.3) is 5.69 Å². The van der Waals surface area contributed by atoms with E-state index in [1.54, 1.807) is 4.68 Å². The minimum absolute atomic E-state index is 0.112. The van der Waals surface area contributed by atoms with E-state index in [0.29, 0.717) is 0 Å². The van der Waals surface area contributed by atoms with Gasteiger partial charge in [-0.1, -0.05) is 19.1 Å². The van der Waals surface area contributed by atoms with Gasteiger partial charge < -0.3 is 15.1 Å². The third kappa shape index (κ3) is 5.11. The molecule has 4 rings (SSSR count). The molecule has 8 nitrogen and oxygen atoms in total. The van der Waals surface area contributed by atoms with Crippen molar-refractivity contribution < 1.29 is 9.18 Å². The van der Waals surface area contributed by atoms with Crippen LogP contribution in [0.1, 0.15) is 31.0 Å². The van der Waals surface area contributed by atoms with Gasteiger partial charge in [0, 0.05) is 37.4 Å². The lowest BCUT2D eigenvalue weighted by molar-refractivity contribution is -0.121. The molecule has 0 radical (unpaired) electrons. The fourth-order valence-electron chi connectivity index (χ4n) is 4.07. The maximum Gasteiger partial charge on any atom is 0.224 e. The van der Waals surface area contributed by atoms with Crippen LogP contribution in [0.5, 0.6) is 0 Å². The minimum Gasteiger partial charge on any atom is -0.369 e. The first-order valence-corrected chi connectivity index (χ1v) is 10.9. The van der Waals surface area contributed by atoms with Crippen LogP contribution in [0.15, 0.2) is 48.8 Å². The number of hydrogen-bond donors (Lipinski definition) is 1. The molecule has 1 aromatic heterocycles. The summed E-state index contributed by atoms with van der Waals surface area (Å²) in [5.41, 5.74) is 3.49. The standard InChI is InChI=1S/C23H28FN7O/c1-3-29-10-12-30(13-11-29)22-9-6-19(24)15-21(22)17(2)26-23(32)14-18-4-7-20(8-5-18)31-16-25-27-28-31/h4-9,15-17H,3,10-14H2,1-2H3,(H,26,32). The summed E-state index contributed by atoms with van der Waals surface area (Å²) in [4.78, 5) is 17.4. The highest BCUT2D eigenvalue weighted by molar-refractivity contribution is 5.79. The highest BCUT2D eigenvalue weighted by Gasteiger charge is 2.22. The van der Waals surface area contributed by atoms with Crippen molar-refractivity contribution in [2.24, 2.45) is 0 Å². The predicted molar refractivity (Wildman–Crippen MR) is 120 cm³/mol. The molecule has 1 amide bonds. The average molecular weight is 438 g/mol. The van der Waals surface area contributed by atoms with Crippen LogP contribution in [0.2, 0.25) is 0 Å². The van der Waals surface area contributed by atoms with E-state index in [9.17, 15) is 9.18 Å². The number of nitrogens with one attached hydrogen (secondary N) is 1. The second-order valence-electron chi connectivity index (χ2n) is 8.01. The van der Waals surface area contributed by atoms with Crippen LogP contribution in [-0.2, 0) is 11.2 Å². The fourth-order valence-corrected chi connectivity index (χ4v) is 4.07. The molecule has 2 aromatic carbocycles. The highest BCUT2D eigenvalue weighted by atomic mass is 19.1. The molecular formula is C23H28FN7O. The second kappa shape index (κ2) is 9.86. The Morgan fingerprint density at radius 3 is 2.53 bits per heavy atom. The number of likely N-dealkylation sites (N-methyl/N-ethyl adjacent to an activating group) is 1. The van der Waals surface area contributed by atoms with Gasteiger partial charge in [-0.15, -0.1) is 5.10 Å². The van der Waals surface area contributed by atoms with E-state index < -0.39 is 0 Å². The molecule has 3 aromatic rings. The molecule has 1 N–H and O–H groups in total. The zero-order valence-electron chi connectivity index (χ0n) is 18.4. The van der Waals surface area contributed by atoms with Crippen molar-refractivity contribution in [1.29, 1.82) is 0 Å². The Labute approximate surface area is 187 Å². The van der Waals surface area contributed by atoms with Crippen LogP contribution < -0.4 is 10.2 Å². The maximum absolute atomic E-state index is 14.1. The van der Waals surface area contributed by atoms with Crippen molar-refractivity contribution in [3.63, 3.8) is 0 Å². The first kappa shape index (κ1) is 21.9. The quantitative estimate of drug-likeness (QED) is 0.611. The van der Waals surface area contributed by atoms with E-state index in [1.807, 2.05) is 37.3 Å². The van der Waals surface area contributed by atoms with E-state index in [2.05, 4.69) is 37.6 Å². The number of nitrogens with zero attached hydrogens (tertiary/aromatic N) is 6. The number of benzene rings is 2. The molecule has 1 fully saturated rings. The van der Waals surface area contributed by atoms with Gasteiger partial charge in [-0.3, -0.25) is 4.79 Å². The van der Waals surface area contributed by atoms with Crippen LogP contribution in [0.4, 0.5) is 10.1 Å². The van der Waals surface area contributed by atoms with Gasteiger partial charge in [0.05, 0.1) is 18.2 Å². The molecule has 0 spiro atoms. The van der Waals surface area contributed by atoms with E-state index in [-0.39, 0.29) is 24.2 Å². The van der Waals surface area contributed by atoms with Gasteiger partial charge in [-0.05, 0) is 59.8 Å². The van der Waals surface area contributed by atoms with Crippen LogP contribution in [0.3, 0.4) is 0 Å². The van der Waals surface area contributed by atoms with Crippen LogP contribution in [0, 0.1) is 5.82 Å². The zero-order valence-corrected chi connectivity index (χ0v) is 18.4. The summed E-state index contributed by atoms with van der Waals surface area (Å²) in [5, 5.41) is 14.1. The summed E-state index contributed by atoms with van der Waals surface area (Å²) < 4.78 is 15.6. The summed E-state index contributed by atoms with van der Waals surface area (Å²) in [7, 11) is 0. The van der Waals surface area contributed by atoms with Crippen molar-refractivity contribution >= 4 is 11.6 Å². The molecule has 1 aliphatic rings. The number of tetrazole rings is 1. The van der Waals surface area contributed by atoms with Crippen molar-refractivity contribution in [2.45, 2.75) is 26.3 Å². The number of aromatic nitrogens is 4. The minimum atomic E-state index is -0.307. The van der Waals surface area contributed by atoms with Gasteiger partial charge in [-0.2, -0.15) is 0 Å². The number of hydrogen-bond acceptors (Lipinski definition) is 6.